The number of carbonyl (C=O) groups excluding carboxylic acids is 1. The number of rotatable bonds is 9. The van der Waals surface area contributed by atoms with Crippen molar-refractivity contribution >= 4 is 5.78 Å². The topological polar surface area (TPSA) is 29.5 Å². The van der Waals surface area contributed by atoms with Gasteiger partial charge < -0.3 is 4.74 Å². The highest BCUT2D eigenvalue weighted by Gasteiger charge is 2.11. The average Bonchev–Trinajstić information content (AvgIpc) is 2.57. The van der Waals surface area contributed by atoms with Crippen molar-refractivity contribution in [3.63, 3.8) is 0 Å². The molecule has 0 fully saturated rings. The largest absolute Gasteiger partial charge is 0.457 e. The SMILES string of the molecule is CCCN(CCC)CC(=O)c1ccc(Oc2ccccc2)cc1. The third-order valence-corrected chi connectivity index (χ3v) is 3.60. The Kier molecular flexibility index (Phi) is 6.82. The fourth-order valence-electron chi connectivity index (χ4n) is 2.53. The van der Waals surface area contributed by atoms with Gasteiger partial charge in [-0.2, -0.15) is 0 Å². The Morgan fingerprint density at radius 3 is 2.00 bits per heavy atom. The first kappa shape index (κ1) is 17.2. The van der Waals surface area contributed by atoms with Crippen molar-refractivity contribution < 1.29 is 9.53 Å². The standard InChI is InChI=1S/C20H25NO2/c1-3-14-21(15-4-2)16-20(22)17-10-12-19(13-11-17)23-18-8-6-5-7-9-18/h5-13H,3-4,14-16H2,1-2H3. The van der Waals surface area contributed by atoms with Crippen LogP contribution in [0.15, 0.2) is 54.6 Å². The van der Waals surface area contributed by atoms with Crippen LogP contribution in [0.4, 0.5) is 0 Å². The predicted octanol–water partition coefficient (Wildman–Crippen LogP) is 4.78. The molecule has 23 heavy (non-hydrogen) atoms. The summed E-state index contributed by atoms with van der Waals surface area (Å²) in [5.41, 5.74) is 0.739. The summed E-state index contributed by atoms with van der Waals surface area (Å²) in [5.74, 6) is 1.70. The summed E-state index contributed by atoms with van der Waals surface area (Å²) in [7, 11) is 0. The molecule has 3 heteroatoms. The highest BCUT2D eigenvalue weighted by Crippen LogP contribution is 2.21. The van der Waals surface area contributed by atoms with Crippen LogP contribution >= 0.6 is 0 Å². The van der Waals surface area contributed by atoms with Gasteiger partial charge in [-0.25, -0.2) is 0 Å². The Labute approximate surface area is 138 Å². The van der Waals surface area contributed by atoms with Gasteiger partial charge in [-0.05, 0) is 62.3 Å². The summed E-state index contributed by atoms with van der Waals surface area (Å²) in [6.07, 6.45) is 2.13. The Hall–Kier alpha value is -2.13. The molecule has 0 aliphatic carbocycles. The molecule has 0 aliphatic heterocycles. The Morgan fingerprint density at radius 1 is 0.870 bits per heavy atom. The maximum Gasteiger partial charge on any atom is 0.176 e. The molecular formula is C20H25NO2. The lowest BCUT2D eigenvalue weighted by Gasteiger charge is -2.19. The van der Waals surface area contributed by atoms with E-state index >= 15 is 0 Å². The van der Waals surface area contributed by atoms with Crippen LogP contribution < -0.4 is 4.74 Å². The molecule has 2 aromatic rings. The lowest BCUT2D eigenvalue weighted by atomic mass is 10.1. The van der Waals surface area contributed by atoms with Crippen molar-refractivity contribution in [1.82, 2.24) is 4.90 Å². The second kappa shape index (κ2) is 9.11. The van der Waals surface area contributed by atoms with E-state index in [0.29, 0.717) is 6.54 Å². The fraction of sp³-hybridized carbons (Fsp3) is 0.350. The maximum absolute atomic E-state index is 12.4. The van der Waals surface area contributed by atoms with Gasteiger partial charge in [0.1, 0.15) is 11.5 Å². The third-order valence-electron chi connectivity index (χ3n) is 3.60. The monoisotopic (exact) mass is 311 g/mol. The molecule has 0 atom stereocenters. The average molecular weight is 311 g/mol. The van der Waals surface area contributed by atoms with Crippen molar-refractivity contribution in [2.75, 3.05) is 19.6 Å². The predicted molar refractivity (Wildman–Crippen MR) is 94.3 cm³/mol. The first-order valence-corrected chi connectivity index (χ1v) is 8.31. The lowest BCUT2D eigenvalue weighted by molar-refractivity contribution is 0.0930. The minimum atomic E-state index is 0.165. The summed E-state index contributed by atoms with van der Waals surface area (Å²) < 4.78 is 5.75. The van der Waals surface area contributed by atoms with Gasteiger partial charge in [0.2, 0.25) is 0 Å². The van der Waals surface area contributed by atoms with E-state index in [1.54, 1.807) is 0 Å². The molecule has 0 spiro atoms. The number of hydrogen-bond acceptors (Lipinski definition) is 3. The third kappa shape index (κ3) is 5.53. The molecule has 0 aromatic heterocycles. The first-order chi connectivity index (χ1) is 11.2. The van der Waals surface area contributed by atoms with E-state index in [1.165, 1.54) is 0 Å². The molecule has 0 N–H and O–H groups in total. The van der Waals surface area contributed by atoms with E-state index in [9.17, 15) is 4.79 Å². The minimum Gasteiger partial charge on any atom is -0.457 e. The Balaban J connectivity index is 1.96. The van der Waals surface area contributed by atoms with Gasteiger partial charge in [-0.1, -0.05) is 32.0 Å². The van der Waals surface area contributed by atoms with E-state index < -0.39 is 0 Å². The number of nitrogens with zero attached hydrogens (tertiary/aromatic N) is 1. The molecule has 0 radical (unpaired) electrons. The molecule has 122 valence electrons. The number of ether oxygens (including phenoxy) is 1. The van der Waals surface area contributed by atoms with Gasteiger partial charge in [0, 0.05) is 5.56 Å². The van der Waals surface area contributed by atoms with Gasteiger partial charge in [0.15, 0.2) is 5.78 Å². The highest BCUT2D eigenvalue weighted by atomic mass is 16.5. The molecule has 0 aliphatic rings. The maximum atomic E-state index is 12.4. The van der Waals surface area contributed by atoms with Gasteiger partial charge in [-0.3, -0.25) is 9.69 Å². The van der Waals surface area contributed by atoms with Crippen LogP contribution in [0.3, 0.4) is 0 Å². The van der Waals surface area contributed by atoms with Crippen molar-refractivity contribution in [2.45, 2.75) is 26.7 Å². The van der Waals surface area contributed by atoms with E-state index in [1.807, 2.05) is 54.6 Å². The van der Waals surface area contributed by atoms with Gasteiger partial charge in [0.25, 0.3) is 0 Å². The van der Waals surface area contributed by atoms with E-state index in [4.69, 9.17) is 4.74 Å². The molecule has 2 rings (SSSR count). The zero-order chi connectivity index (χ0) is 16.5. The summed E-state index contributed by atoms with van der Waals surface area (Å²) >= 11 is 0. The van der Waals surface area contributed by atoms with Crippen molar-refractivity contribution in [2.24, 2.45) is 0 Å². The van der Waals surface area contributed by atoms with Crippen LogP contribution in [0.5, 0.6) is 11.5 Å². The molecule has 3 nitrogen and oxygen atoms in total. The first-order valence-electron chi connectivity index (χ1n) is 8.31. The zero-order valence-corrected chi connectivity index (χ0v) is 14.0. The second-order valence-electron chi connectivity index (χ2n) is 5.64. The minimum absolute atomic E-state index is 0.165. The Bertz CT molecular complexity index is 587. The molecule has 0 amide bonds. The molecule has 0 saturated carbocycles. The number of ketones is 1. The summed E-state index contributed by atoms with van der Waals surface area (Å²) in [4.78, 5) is 14.6. The van der Waals surface area contributed by atoms with E-state index in [-0.39, 0.29) is 5.78 Å². The second-order valence-corrected chi connectivity index (χ2v) is 5.64. The number of benzene rings is 2. The quantitative estimate of drug-likeness (QED) is 0.624. The van der Waals surface area contributed by atoms with Crippen molar-refractivity contribution in [3.8, 4) is 11.5 Å². The van der Waals surface area contributed by atoms with E-state index in [2.05, 4.69) is 18.7 Å². The van der Waals surface area contributed by atoms with Gasteiger partial charge in [-0.15, -0.1) is 0 Å². The van der Waals surface area contributed by atoms with Gasteiger partial charge >= 0.3 is 0 Å². The molecular weight excluding hydrogens is 286 g/mol. The molecule has 0 saturated heterocycles. The summed E-state index contributed by atoms with van der Waals surface area (Å²) in [5, 5.41) is 0. The van der Waals surface area contributed by atoms with Crippen LogP contribution in [0, 0.1) is 0 Å². The number of hydrogen-bond donors (Lipinski definition) is 0. The normalized spacial score (nSPS) is 10.7. The van der Waals surface area contributed by atoms with Crippen LogP contribution in [0.25, 0.3) is 0 Å². The number of para-hydroxylation sites is 1. The summed E-state index contributed by atoms with van der Waals surface area (Å²) in [6.45, 7) is 6.70. The van der Waals surface area contributed by atoms with Crippen LogP contribution in [0.1, 0.15) is 37.0 Å². The van der Waals surface area contributed by atoms with Crippen LogP contribution in [0.2, 0.25) is 0 Å². The molecule has 2 aromatic carbocycles. The number of Topliss-reactive ketones (excluding diaryl/α,β-unsaturated/α-hetero) is 1. The highest BCUT2D eigenvalue weighted by molar-refractivity contribution is 5.97. The van der Waals surface area contributed by atoms with Crippen LogP contribution in [-0.4, -0.2) is 30.3 Å². The van der Waals surface area contributed by atoms with Crippen molar-refractivity contribution in [1.29, 1.82) is 0 Å². The van der Waals surface area contributed by atoms with Gasteiger partial charge in [0.05, 0.1) is 6.54 Å². The lowest BCUT2D eigenvalue weighted by Crippen LogP contribution is -2.31. The van der Waals surface area contributed by atoms with Crippen LogP contribution in [-0.2, 0) is 0 Å². The fourth-order valence-corrected chi connectivity index (χ4v) is 2.53. The summed E-state index contributed by atoms with van der Waals surface area (Å²) in [6, 6.07) is 17.0. The molecule has 0 bridgehead atoms. The zero-order valence-electron chi connectivity index (χ0n) is 14.0. The van der Waals surface area contributed by atoms with E-state index in [0.717, 1.165) is 43.0 Å². The van der Waals surface area contributed by atoms with Crippen molar-refractivity contribution in [3.05, 3.63) is 60.2 Å². The molecule has 0 unspecified atom stereocenters. The number of carbonyl (C=O) groups is 1. The smallest absolute Gasteiger partial charge is 0.176 e. The molecule has 0 heterocycles. The Morgan fingerprint density at radius 2 is 1.43 bits per heavy atom.